The summed E-state index contributed by atoms with van der Waals surface area (Å²) >= 11 is 5.86. The van der Waals surface area contributed by atoms with E-state index in [0.29, 0.717) is 17.7 Å². The first-order valence-corrected chi connectivity index (χ1v) is 6.39. The minimum atomic E-state index is 0.321. The van der Waals surface area contributed by atoms with E-state index >= 15 is 0 Å². The van der Waals surface area contributed by atoms with Gasteiger partial charge in [-0.25, -0.2) is 0 Å². The number of hydrogen-bond acceptors (Lipinski definition) is 2. The Bertz CT molecular complexity index is 370. The average Bonchev–Trinajstić information content (AvgIpc) is 2.82. The summed E-state index contributed by atoms with van der Waals surface area (Å²) in [6.07, 6.45) is 7.79. The van der Waals surface area contributed by atoms with Crippen molar-refractivity contribution in [2.75, 3.05) is 13.2 Å². The van der Waals surface area contributed by atoms with E-state index < -0.39 is 0 Å². The van der Waals surface area contributed by atoms with Gasteiger partial charge in [-0.05, 0) is 37.5 Å². The van der Waals surface area contributed by atoms with Crippen molar-refractivity contribution in [1.29, 1.82) is 0 Å². The van der Waals surface area contributed by atoms with Gasteiger partial charge in [0, 0.05) is 11.6 Å². The van der Waals surface area contributed by atoms with Gasteiger partial charge in [-0.1, -0.05) is 29.8 Å². The largest absolute Gasteiger partial charge is 0.493 e. The summed E-state index contributed by atoms with van der Waals surface area (Å²) in [6.45, 7) is 1.57. The molecule has 2 rings (SSSR count). The van der Waals surface area contributed by atoms with Crippen molar-refractivity contribution in [2.24, 2.45) is 0 Å². The molecule has 0 aliphatic carbocycles. The van der Waals surface area contributed by atoms with Crippen molar-refractivity contribution in [1.82, 2.24) is 0 Å². The molecule has 1 saturated heterocycles. The minimum absolute atomic E-state index is 0.321. The Morgan fingerprint density at radius 2 is 2.41 bits per heavy atom. The second-order valence-electron chi connectivity index (χ2n) is 4.07. The van der Waals surface area contributed by atoms with Gasteiger partial charge in [-0.15, -0.1) is 0 Å². The predicted octanol–water partition coefficient (Wildman–Crippen LogP) is 3.84. The molecule has 1 atom stereocenters. The fourth-order valence-electron chi connectivity index (χ4n) is 1.80. The van der Waals surface area contributed by atoms with Gasteiger partial charge >= 0.3 is 0 Å². The van der Waals surface area contributed by atoms with Crippen LogP contribution in [0, 0.1) is 0 Å². The maximum absolute atomic E-state index is 5.86. The van der Waals surface area contributed by atoms with Gasteiger partial charge in [-0.3, -0.25) is 0 Å². The molecule has 1 aliphatic rings. The summed E-state index contributed by atoms with van der Waals surface area (Å²) in [5, 5.41) is 0.706. The lowest BCUT2D eigenvalue weighted by Crippen LogP contribution is -2.00. The van der Waals surface area contributed by atoms with Crippen LogP contribution in [-0.2, 0) is 4.74 Å². The fraction of sp³-hybridized carbons (Fsp3) is 0.429. The summed E-state index contributed by atoms with van der Waals surface area (Å²) in [7, 11) is 0. The Morgan fingerprint density at radius 1 is 1.47 bits per heavy atom. The lowest BCUT2D eigenvalue weighted by molar-refractivity contribution is 0.145. The van der Waals surface area contributed by atoms with Crippen LogP contribution in [-0.4, -0.2) is 19.3 Å². The molecule has 1 aromatic carbocycles. The van der Waals surface area contributed by atoms with Crippen LogP contribution >= 0.6 is 11.6 Å². The number of benzene rings is 1. The van der Waals surface area contributed by atoms with Crippen LogP contribution in [0.15, 0.2) is 36.4 Å². The first-order chi connectivity index (χ1) is 8.34. The zero-order valence-corrected chi connectivity index (χ0v) is 10.5. The fourth-order valence-corrected chi connectivity index (χ4v) is 1.98. The molecule has 1 aromatic rings. The molecule has 3 heteroatoms. The highest BCUT2D eigenvalue weighted by Crippen LogP contribution is 2.17. The number of hydrogen-bond donors (Lipinski definition) is 0. The number of rotatable bonds is 5. The molecule has 1 aliphatic heterocycles. The van der Waals surface area contributed by atoms with E-state index in [0.717, 1.165) is 25.2 Å². The van der Waals surface area contributed by atoms with E-state index in [4.69, 9.17) is 21.1 Å². The molecule has 92 valence electrons. The highest BCUT2D eigenvalue weighted by Gasteiger charge is 2.10. The summed E-state index contributed by atoms with van der Waals surface area (Å²) in [5.41, 5.74) is 0. The molecule has 0 spiro atoms. The van der Waals surface area contributed by atoms with E-state index in [1.54, 1.807) is 0 Å². The Morgan fingerprint density at radius 3 is 3.18 bits per heavy atom. The van der Waals surface area contributed by atoms with E-state index in [9.17, 15) is 0 Å². The van der Waals surface area contributed by atoms with Gasteiger partial charge in [0.25, 0.3) is 0 Å². The Hall–Kier alpha value is -0.990. The monoisotopic (exact) mass is 252 g/mol. The molecule has 0 aromatic heterocycles. The molecule has 1 unspecified atom stereocenters. The second-order valence-corrected chi connectivity index (χ2v) is 4.51. The molecule has 0 radical (unpaired) electrons. The minimum Gasteiger partial charge on any atom is -0.493 e. The van der Waals surface area contributed by atoms with E-state index in [2.05, 4.69) is 12.2 Å². The smallest absolute Gasteiger partial charge is 0.120 e. The van der Waals surface area contributed by atoms with Crippen molar-refractivity contribution in [2.45, 2.75) is 25.4 Å². The maximum atomic E-state index is 5.86. The van der Waals surface area contributed by atoms with Gasteiger partial charge in [0.2, 0.25) is 0 Å². The van der Waals surface area contributed by atoms with Crippen LogP contribution in [0.25, 0.3) is 0 Å². The summed E-state index contributed by atoms with van der Waals surface area (Å²) < 4.78 is 11.1. The van der Waals surface area contributed by atoms with Gasteiger partial charge < -0.3 is 9.47 Å². The first kappa shape index (κ1) is 12.5. The molecule has 1 heterocycles. The molecule has 0 N–H and O–H groups in total. The molecular weight excluding hydrogens is 236 g/mol. The normalized spacial score (nSPS) is 19.9. The van der Waals surface area contributed by atoms with Crippen LogP contribution in [0.3, 0.4) is 0 Å². The topological polar surface area (TPSA) is 18.5 Å². The van der Waals surface area contributed by atoms with E-state index in [-0.39, 0.29) is 0 Å². The maximum Gasteiger partial charge on any atom is 0.120 e. The molecule has 17 heavy (non-hydrogen) atoms. The number of halogens is 1. The van der Waals surface area contributed by atoms with Crippen LogP contribution < -0.4 is 4.74 Å². The summed E-state index contributed by atoms with van der Waals surface area (Å²) in [6, 6.07) is 7.46. The summed E-state index contributed by atoms with van der Waals surface area (Å²) in [4.78, 5) is 0. The van der Waals surface area contributed by atoms with Crippen LogP contribution in [0.5, 0.6) is 5.75 Å². The molecule has 0 saturated carbocycles. The summed E-state index contributed by atoms with van der Waals surface area (Å²) in [5.74, 6) is 0.822. The van der Waals surface area contributed by atoms with E-state index in [1.807, 2.05) is 24.3 Å². The van der Waals surface area contributed by atoms with Crippen molar-refractivity contribution < 1.29 is 9.47 Å². The number of ether oxygens (including phenoxy) is 2. The highest BCUT2D eigenvalue weighted by molar-refractivity contribution is 6.30. The first-order valence-electron chi connectivity index (χ1n) is 6.01. The lowest BCUT2D eigenvalue weighted by Gasteiger charge is -2.05. The van der Waals surface area contributed by atoms with Gasteiger partial charge in [0.05, 0.1) is 12.7 Å². The molecule has 0 amide bonds. The second kappa shape index (κ2) is 6.67. The van der Waals surface area contributed by atoms with Crippen LogP contribution in [0.2, 0.25) is 5.02 Å². The third kappa shape index (κ3) is 4.41. The van der Waals surface area contributed by atoms with Gasteiger partial charge in [0.15, 0.2) is 0 Å². The molecule has 1 fully saturated rings. The Balaban J connectivity index is 1.65. The molecule has 2 nitrogen and oxygen atoms in total. The van der Waals surface area contributed by atoms with Crippen molar-refractivity contribution in [3.8, 4) is 5.75 Å². The molecular formula is C14H17ClO2. The highest BCUT2D eigenvalue weighted by atomic mass is 35.5. The lowest BCUT2D eigenvalue weighted by atomic mass is 10.2. The molecule has 0 bridgehead atoms. The quantitative estimate of drug-likeness (QED) is 0.586. The third-order valence-corrected chi connectivity index (χ3v) is 2.90. The third-order valence-electron chi connectivity index (χ3n) is 2.66. The Labute approximate surface area is 107 Å². The van der Waals surface area contributed by atoms with Crippen molar-refractivity contribution in [3.63, 3.8) is 0 Å². The van der Waals surface area contributed by atoms with Crippen LogP contribution in [0.4, 0.5) is 0 Å². The predicted molar refractivity (Wildman–Crippen MR) is 69.7 cm³/mol. The van der Waals surface area contributed by atoms with Gasteiger partial charge in [0.1, 0.15) is 5.75 Å². The zero-order chi connectivity index (χ0) is 11.9. The van der Waals surface area contributed by atoms with Gasteiger partial charge in [-0.2, -0.15) is 0 Å². The average molecular weight is 253 g/mol. The van der Waals surface area contributed by atoms with Crippen molar-refractivity contribution in [3.05, 3.63) is 41.4 Å². The van der Waals surface area contributed by atoms with Crippen molar-refractivity contribution >= 4 is 11.6 Å². The van der Waals surface area contributed by atoms with Crippen LogP contribution in [0.1, 0.15) is 19.3 Å². The van der Waals surface area contributed by atoms with E-state index in [1.165, 1.54) is 6.42 Å². The zero-order valence-electron chi connectivity index (χ0n) is 9.77. The standard InChI is InChI=1S/C14H17ClO2/c15-12-5-3-7-14(11-12)17-9-2-1-6-13-8-4-10-16-13/h1,3,5-7,11,13H,2,4,8-10H2/b6-1+. The SMILES string of the molecule is Clc1cccc(OCC/C=C/C2CCCO2)c1. The Kier molecular flexibility index (Phi) is 4.89.